The van der Waals surface area contributed by atoms with Crippen molar-refractivity contribution in [3.8, 4) is 23.8 Å². The predicted octanol–water partition coefficient (Wildman–Crippen LogP) is 1.73. The van der Waals surface area contributed by atoms with Gasteiger partial charge in [0.15, 0.2) is 6.61 Å². The summed E-state index contributed by atoms with van der Waals surface area (Å²) >= 11 is 0. The van der Waals surface area contributed by atoms with Gasteiger partial charge in [-0.15, -0.1) is 6.42 Å². The average molecular weight is 377 g/mol. The highest BCUT2D eigenvalue weighted by atomic mass is 16.5. The number of aromatic nitrogens is 2. The van der Waals surface area contributed by atoms with Gasteiger partial charge in [-0.3, -0.25) is 9.59 Å². The molecule has 1 heterocycles. The smallest absolute Gasteiger partial charge is 0.275 e. The Morgan fingerprint density at radius 1 is 1.14 bits per heavy atom. The second kappa shape index (κ2) is 8.73. The molecule has 7 nitrogen and oxygen atoms in total. The summed E-state index contributed by atoms with van der Waals surface area (Å²) < 4.78 is 11.7. The molecule has 0 aliphatic rings. The summed E-state index contributed by atoms with van der Waals surface area (Å²) in [5.74, 6) is 3.37. The van der Waals surface area contributed by atoms with Crippen LogP contribution in [-0.4, -0.2) is 29.4 Å². The summed E-state index contributed by atoms with van der Waals surface area (Å²) in [6.07, 6.45) is 5.31. The van der Waals surface area contributed by atoms with Gasteiger partial charge in [-0.2, -0.15) is 5.10 Å². The molecule has 28 heavy (non-hydrogen) atoms. The van der Waals surface area contributed by atoms with Crippen LogP contribution in [0.15, 0.2) is 53.3 Å². The van der Waals surface area contributed by atoms with Crippen LogP contribution in [0.2, 0.25) is 0 Å². The van der Waals surface area contributed by atoms with Crippen LogP contribution >= 0.6 is 0 Å². The van der Waals surface area contributed by atoms with E-state index in [4.69, 9.17) is 15.9 Å². The molecule has 0 unspecified atom stereocenters. The zero-order chi connectivity index (χ0) is 19.9. The van der Waals surface area contributed by atoms with Crippen molar-refractivity contribution >= 4 is 16.7 Å². The molecule has 1 aromatic heterocycles. The lowest BCUT2D eigenvalue weighted by Crippen LogP contribution is -2.31. The number of hydrogen-bond acceptors (Lipinski definition) is 5. The number of ether oxygens (including phenoxy) is 2. The van der Waals surface area contributed by atoms with Crippen LogP contribution in [0.5, 0.6) is 11.5 Å². The lowest BCUT2D eigenvalue weighted by atomic mass is 10.1. The number of amides is 1. The molecule has 0 aliphatic carbocycles. The summed E-state index contributed by atoms with van der Waals surface area (Å²) in [4.78, 5) is 24.5. The van der Waals surface area contributed by atoms with Crippen molar-refractivity contribution in [2.24, 2.45) is 0 Å². The van der Waals surface area contributed by atoms with E-state index in [1.807, 2.05) is 6.07 Å². The van der Waals surface area contributed by atoms with E-state index in [1.54, 1.807) is 49.6 Å². The van der Waals surface area contributed by atoms with Gasteiger partial charge in [-0.05, 0) is 30.3 Å². The van der Waals surface area contributed by atoms with E-state index >= 15 is 0 Å². The zero-order valence-corrected chi connectivity index (χ0v) is 15.3. The van der Waals surface area contributed by atoms with Crippen LogP contribution < -0.4 is 20.3 Å². The second-order valence-electron chi connectivity index (χ2n) is 5.90. The Balaban J connectivity index is 1.68. The molecule has 0 saturated heterocycles. The maximum absolute atomic E-state index is 12.4. The number of terminal acetylenes is 1. The molecule has 0 fully saturated rings. The first-order chi connectivity index (χ1) is 13.6. The molecule has 0 spiro atoms. The number of benzene rings is 2. The van der Waals surface area contributed by atoms with Gasteiger partial charge in [0.25, 0.3) is 11.5 Å². The normalized spacial score (nSPS) is 10.3. The Kier molecular flexibility index (Phi) is 5.92. The first-order valence-electron chi connectivity index (χ1n) is 8.58. The van der Waals surface area contributed by atoms with Gasteiger partial charge in [-0.25, -0.2) is 4.68 Å². The second-order valence-corrected chi connectivity index (χ2v) is 5.90. The maximum atomic E-state index is 12.4. The Bertz CT molecular complexity index is 1080. The monoisotopic (exact) mass is 377 g/mol. The van der Waals surface area contributed by atoms with E-state index in [0.29, 0.717) is 28.0 Å². The molecular weight excluding hydrogens is 358 g/mol. The van der Waals surface area contributed by atoms with Crippen molar-refractivity contribution in [3.05, 3.63) is 64.6 Å². The van der Waals surface area contributed by atoms with Gasteiger partial charge < -0.3 is 14.8 Å². The summed E-state index contributed by atoms with van der Waals surface area (Å²) in [6, 6.07) is 14.0. The molecule has 0 saturated carbocycles. The molecule has 3 aromatic rings. The Morgan fingerprint density at radius 3 is 2.50 bits per heavy atom. The lowest BCUT2D eigenvalue weighted by Gasteiger charge is -2.11. The van der Waals surface area contributed by atoms with Gasteiger partial charge in [0.2, 0.25) is 0 Å². The first-order valence-corrected chi connectivity index (χ1v) is 8.58. The third-order valence-electron chi connectivity index (χ3n) is 4.07. The van der Waals surface area contributed by atoms with Gasteiger partial charge in [0.05, 0.1) is 24.7 Å². The van der Waals surface area contributed by atoms with E-state index in [9.17, 15) is 9.59 Å². The highest BCUT2D eigenvalue weighted by Gasteiger charge is 2.11. The van der Waals surface area contributed by atoms with Gasteiger partial charge >= 0.3 is 0 Å². The quantitative estimate of drug-likeness (QED) is 0.634. The molecule has 3 rings (SSSR count). The minimum atomic E-state index is -0.309. The maximum Gasteiger partial charge on any atom is 0.275 e. The van der Waals surface area contributed by atoms with Gasteiger partial charge in [-0.1, -0.05) is 24.1 Å². The molecule has 7 heteroatoms. The summed E-state index contributed by atoms with van der Waals surface area (Å²) in [7, 11) is 1.58. The Labute approximate surface area is 161 Å². The molecule has 1 N–H and O–H groups in total. The van der Waals surface area contributed by atoms with E-state index in [2.05, 4.69) is 16.3 Å². The standard InChI is InChI=1S/C21H19N3O4/c1-3-12-24-21(26)18-7-5-4-6-17(18)19(23-24)13-22-20(25)14-28-16-10-8-15(27-2)9-11-16/h1,4-11H,12-14H2,2H3,(H,22,25). The number of fused-ring (bicyclic) bond motifs is 1. The number of rotatable bonds is 7. The topological polar surface area (TPSA) is 82.5 Å². The first kappa shape index (κ1) is 19.0. The average Bonchev–Trinajstić information content (AvgIpc) is 2.74. The van der Waals surface area contributed by atoms with Crippen LogP contribution in [0, 0.1) is 12.3 Å². The predicted molar refractivity (Wildman–Crippen MR) is 105 cm³/mol. The highest BCUT2D eigenvalue weighted by Crippen LogP contribution is 2.17. The fourth-order valence-electron chi connectivity index (χ4n) is 2.68. The summed E-state index contributed by atoms with van der Waals surface area (Å²) in [5, 5.41) is 8.23. The fraction of sp³-hybridized carbons (Fsp3) is 0.190. The third kappa shape index (κ3) is 4.30. The zero-order valence-electron chi connectivity index (χ0n) is 15.3. The fourth-order valence-corrected chi connectivity index (χ4v) is 2.68. The number of nitrogens with one attached hydrogen (secondary N) is 1. The number of nitrogens with zero attached hydrogens (tertiary/aromatic N) is 2. The van der Waals surface area contributed by atoms with E-state index in [-0.39, 0.29) is 31.2 Å². The van der Waals surface area contributed by atoms with Crippen molar-refractivity contribution in [1.29, 1.82) is 0 Å². The molecular formula is C21H19N3O4. The van der Waals surface area contributed by atoms with E-state index in [1.165, 1.54) is 4.68 Å². The molecule has 0 bridgehead atoms. The third-order valence-corrected chi connectivity index (χ3v) is 4.07. The molecule has 0 atom stereocenters. The highest BCUT2D eigenvalue weighted by molar-refractivity contribution is 5.84. The van der Waals surface area contributed by atoms with Gasteiger partial charge in [0.1, 0.15) is 18.0 Å². The molecule has 1 amide bonds. The number of carbonyl (C=O) groups is 1. The van der Waals surface area contributed by atoms with E-state index < -0.39 is 0 Å². The SMILES string of the molecule is C#CCn1nc(CNC(=O)COc2ccc(OC)cc2)c2ccccc2c1=O. The van der Waals surface area contributed by atoms with Crippen LogP contribution in [-0.2, 0) is 17.9 Å². The van der Waals surface area contributed by atoms with Gasteiger partial charge in [0, 0.05) is 5.39 Å². The largest absolute Gasteiger partial charge is 0.497 e. The Morgan fingerprint density at radius 2 is 1.82 bits per heavy atom. The van der Waals surface area contributed by atoms with Crippen LogP contribution in [0.1, 0.15) is 5.69 Å². The minimum Gasteiger partial charge on any atom is -0.497 e. The van der Waals surface area contributed by atoms with Crippen molar-refractivity contribution in [3.63, 3.8) is 0 Å². The van der Waals surface area contributed by atoms with Crippen molar-refractivity contribution in [1.82, 2.24) is 15.1 Å². The number of carbonyl (C=O) groups excluding carboxylic acids is 1. The molecule has 0 radical (unpaired) electrons. The number of methoxy groups -OCH3 is 1. The molecule has 2 aromatic carbocycles. The van der Waals surface area contributed by atoms with E-state index in [0.717, 1.165) is 0 Å². The molecule has 142 valence electrons. The summed E-state index contributed by atoms with van der Waals surface area (Å²) in [6.45, 7) is 0.0651. The molecule has 0 aliphatic heterocycles. The summed E-state index contributed by atoms with van der Waals surface area (Å²) in [5.41, 5.74) is 0.301. The number of hydrogen-bond donors (Lipinski definition) is 1. The van der Waals surface area contributed by atoms with Crippen LogP contribution in [0.25, 0.3) is 10.8 Å². The van der Waals surface area contributed by atoms with Crippen molar-refractivity contribution < 1.29 is 14.3 Å². The van der Waals surface area contributed by atoms with Crippen molar-refractivity contribution in [2.75, 3.05) is 13.7 Å². The Hall–Kier alpha value is -3.79. The lowest BCUT2D eigenvalue weighted by molar-refractivity contribution is -0.123. The van der Waals surface area contributed by atoms with Crippen molar-refractivity contribution in [2.45, 2.75) is 13.1 Å². The van der Waals surface area contributed by atoms with Crippen LogP contribution in [0.3, 0.4) is 0 Å². The minimum absolute atomic E-state index is 0.0607. The van der Waals surface area contributed by atoms with Crippen LogP contribution in [0.4, 0.5) is 0 Å².